The molecule has 4 aromatic rings. The Labute approximate surface area is 165 Å². The molecule has 0 fully saturated rings. The maximum absolute atomic E-state index is 12.1. The van der Waals surface area contributed by atoms with Crippen LogP contribution in [0.5, 0.6) is 0 Å². The molecule has 0 unspecified atom stereocenters. The van der Waals surface area contributed by atoms with Crippen molar-refractivity contribution in [3.63, 3.8) is 0 Å². The van der Waals surface area contributed by atoms with Crippen molar-refractivity contribution in [1.82, 2.24) is 20.3 Å². The third-order valence-electron chi connectivity index (χ3n) is 4.48. The van der Waals surface area contributed by atoms with Crippen LogP contribution < -0.4 is 10.9 Å². The maximum Gasteiger partial charge on any atom is 0.258 e. The third-order valence-corrected chi connectivity index (χ3v) is 5.57. The van der Waals surface area contributed by atoms with E-state index in [0.717, 1.165) is 16.9 Å². The highest BCUT2D eigenvalue weighted by molar-refractivity contribution is 7.18. The van der Waals surface area contributed by atoms with E-state index in [9.17, 15) is 9.59 Å². The summed E-state index contributed by atoms with van der Waals surface area (Å²) in [6, 6.07) is 15.3. The number of fused-ring (bicyclic) bond motifs is 2. The van der Waals surface area contributed by atoms with Crippen molar-refractivity contribution < 1.29 is 4.79 Å². The molecule has 28 heavy (non-hydrogen) atoms. The second-order valence-electron chi connectivity index (χ2n) is 6.56. The minimum atomic E-state index is -0.138. The molecule has 0 aliphatic rings. The van der Waals surface area contributed by atoms with Gasteiger partial charge >= 0.3 is 0 Å². The van der Waals surface area contributed by atoms with Gasteiger partial charge in [0.25, 0.3) is 5.56 Å². The molecule has 2 heterocycles. The number of nitrogens with one attached hydrogen (secondary N) is 2. The lowest BCUT2D eigenvalue weighted by molar-refractivity contribution is -0.121. The predicted octanol–water partition coefficient (Wildman–Crippen LogP) is 3.21. The van der Waals surface area contributed by atoms with E-state index < -0.39 is 0 Å². The summed E-state index contributed by atoms with van der Waals surface area (Å²) in [6.07, 6.45) is 2.32. The van der Waals surface area contributed by atoms with Crippen LogP contribution in [-0.2, 0) is 17.6 Å². The van der Waals surface area contributed by atoms with E-state index in [1.54, 1.807) is 17.4 Å². The van der Waals surface area contributed by atoms with Crippen LogP contribution in [0.2, 0.25) is 0 Å². The van der Waals surface area contributed by atoms with Crippen molar-refractivity contribution >= 4 is 38.4 Å². The number of aromatic amines is 1. The number of aromatic nitrogens is 3. The zero-order chi connectivity index (χ0) is 19.3. The quantitative estimate of drug-likeness (QED) is 0.505. The van der Waals surface area contributed by atoms with E-state index in [1.165, 1.54) is 4.70 Å². The molecule has 0 saturated carbocycles. The number of hydrogen-bond acceptors (Lipinski definition) is 5. The first-order chi connectivity index (χ1) is 13.7. The first kappa shape index (κ1) is 18.3. The fourth-order valence-corrected chi connectivity index (χ4v) is 4.06. The summed E-state index contributed by atoms with van der Waals surface area (Å²) >= 11 is 1.66. The van der Waals surface area contributed by atoms with Crippen LogP contribution in [0.4, 0.5) is 0 Å². The van der Waals surface area contributed by atoms with Crippen LogP contribution in [0.3, 0.4) is 0 Å². The number of hydrogen-bond donors (Lipinski definition) is 2. The second kappa shape index (κ2) is 8.31. The van der Waals surface area contributed by atoms with Gasteiger partial charge in [0, 0.05) is 25.8 Å². The van der Waals surface area contributed by atoms with Crippen molar-refractivity contribution in [2.75, 3.05) is 6.54 Å². The molecule has 7 heteroatoms. The summed E-state index contributed by atoms with van der Waals surface area (Å²) in [4.78, 5) is 35.9. The monoisotopic (exact) mass is 392 g/mol. The lowest BCUT2D eigenvalue weighted by Gasteiger charge is -2.05. The maximum atomic E-state index is 12.1. The molecule has 0 atom stereocenters. The number of amides is 1. The van der Waals surface area contributed by atoms with Crippen LogP contribution in [0, 0.1) is 0 Å². The normalized spacial score (nSPS) is 11.1. The number of benzene rings is 2. The van der Waals surface area contributed by atoms with Gasteiger partial charge in [-0.15, -0.1) is 11.3 Å². The molecular weight excluding hydrogens is 372 g/mol. The average molecular weight is 392 g/mol. The number of rotatable bonds is 7. The fraction of sp³-hybridized carbons (Fsp3) is 0.238. The molecule has 142 valence electrons. The molecule has 6 nitrogen and oxygen atoms in total. The van der Waals surface area contributed by atoms with Gasteiger partial charge in [-0.25, -0.2) is 9.97 Å². The average Bonchev–Trinajstić information content (AvgIpc) is 3.11. The van der Waals surface area contributed by atoms with Crippen molar-refractivity contribution in [2.45, 2.75) is 25.7 Å². The highest BCUT2D eigenvalue weighted by atomic mass is 32.1. The summed E-state index contributed by atoms with van der Waals surface area (Å²) in [5.41, 5.74) is 1.55. The molecule has 2 N–H and O–H groups in total. The third kappa shape index (κ3) is 4.26. The minimum absolute atomic E-state index is 0.00393. The molecule has 0 aliphatic heterocycles. The van der Waals surface area contributed by atoms with Gasteiger partial charge in [0.15, 0.2) is 0 Å². The molecule has 0 bridgehead atoms. The molecule has 4 rings (SSSR count). The van der Waals surface area contributed by atoms with Crippen LogP contribution in [0.15, 0.2) is 53.3 Å². The Kier molecular flexibility index (Phi) is 5.43. The van der Waals surface area contributed by atoms with Gasteiger partial charge in [0.05, 0.1) is 26.1 Å². The largest absolute Gasteiger partial charge is 0.356 e. The van der Waals surface area contributed by atoms with Crippen LogP contribution in [-0.4, -0.2) is 27.4 Å². The lowest BCUT2D eigenvalue weighted by Crippen LogP contribution is -2.25. The van der Waals surface area contributed by atoms with Gasteiger partial charge < -0.3 is 10.3 Å². The zero-order valence-electron chi connectivity index (χ0n) is 15.3. The molecule has 0 spiro atoms. The number of carbonyl (C=O) groups excluding carboxylic acids is 1. The molecule has 0 saturated heterocycles. The molecular formula is C21H20N4O2S. The molecule has 0 aliphatic carbocycles. The Balaban J connectivity index is 1.24. The molecule has 1 amide bonds. The number of thiazole rings is 1. The predicted molar refractivity (Wildman–Crippen MR) is 112 cm³/mol. The smallest absolute Gasteiger partial charge is 0.258 e. The van der Waals surface area contributed by atoms with Gasteiger partial charge in [-0.2, -0.15) is 0 Å². The SMILES string of the molecule is O=C(CCCc1nc2ccccc2c(=O)[nH]1)NCCc1nc2ccccc2s1. The van der Waals surface area contributed by atoms with Gasteiger partial charge in [-0.05, 0) is 30.7 Å². The fourth-order valence-electron chi connectivity index (χ4n) is 3.09. The Bertz CT molecular complexity index is 1150. The van der Waals surface area contributed by atoms with E-state index in [4.69, 9.17) is 0 Å². The summed E-state index contributed by atoms with van der Waals surface area (Å²) in [6.45, 7) is 0.573. The van der Waals surface area contributed by atoms with Crippen LogP contribution >= 0.6 is 11.3 Å². The van der Waals surface area contributed by atoms with E-state index in [1.807, 2.05) is 36.4 Å². The Morgan fingerprint density at radius 3 is 2.64 bits per heavy atom. The molecule has 2 aromatic heterocycles. The highest BCUT2D eigenvalue weighted by Gasteiger charge is 2.07. The summed E-state index contributed by atoms with van der Waals surface area (Å²) in [5.74, 6) is 0.621. The number of nitrogens with zero attached hydrogens (tertiary/aromatic N) is 2. The Morgan fingerprint density at radius 1 is 1.00 bits per heavy atom. The summed E-state index contributed by atoms with van der Waals surface area (Å²) < 4.78 is 1.17. The minimum Gasteiger partial charge on any atom is -0.356 e. The van der Waals surface area contributed by atoms with Crippen molar-refractivity contribution in [2.24, 2.45) is 0 Å². The van der Waals surface area contributed by atoms with Gasteiger partial charge in [-0.3, -0.25) is 9.59 Å². The topological polar surface area (TPSA) is 87.7 Å². The van der Waals surface area contributed by atoms with Crippen LogP contribution in [0.1, 0.15) is 23.7 Å². The van der Waals surface area contributed by atoms with E-state index in [-0.39, 0.29) is 11.5 Å². The lowest BCUT2D eigenvalue weighted by atomic mass is 10.2. The standard InChI is InChI=1S/C21H20N4O2S/c26-19(22-13-12-20-24-16-8-3-4-9-17(16)28-20)11-5-10-18-23-15-7-2-1-6-14(15)21(27)25-18/h1-4,6-9H,5,10-13H2,(H,22,26)(H,23,25,27). The van der Waals surface area contributed by atoms with Gasteiger partial charge in [0.1, 0.15) is 5.82 Å². The van der Waals surface area contributed by atoms with E-state index in [2.05, 4.69) is 26.3 Å². The summed E-state index contributed by atoms with van der Waals surface area (Å²) in [5, 5.41) is 4.55. The number of para-hydroxylation sites is 2. The highest BCUT2D eigenvalue weighted by Crippen LogP contribution is 2.21. The number of H-pyrrole nitrogens is 1. The first-order valence-electron chi connectivity index (χ1n) is 9.28. The molecule has 2 aromatic carbocycles. The first-order valence-corrected chi connectivity index (χ1v) is 10.1. The Hall–Kier alpha value is -3.06. The molecule has 0 radical (unpaired) electrons. The number of carbonyl (C=O) groups is 1. The summed E-state index contributed by atoms with van der Waals surface area (Å²) in [7, 11) is 0. The van der Waals surface area contributed by atoms with E-state index >= 15 is 0 Å². The van der Waals surface area contributed by atoms with E-state index in [0.29, 0.717) is 42.5 Å². The van der Waals surface area contributed by atoms with Crippen molar-refractivity contribution in [3.8, 4) is 0 Å². The van der Waals surface area contributed by atoms with Crippen LogP contribution in [0.25, 0.3) is 21.1 Å². The van der Waals surface area contributed by atoms with Crippen molar-refractivity contribution in [1.29, 1.82) is 0 Å². The Morgan fingerprint density at radius 2 is 1.79 bits per heavy atom. The van der Waals surface area contributed by atoms with Gasteiger partial charge in [0.2, 0.25) is 5.91 Å². The van der Waals surface area contributed by atoms with Crippen molar-refractivity contribution in [3.05, 3.63) is 69.7 Å². The van der Waals surface area contributed by atoms with Gasteiger partial charge in [-0.1, -0.05) is 24.3 Å². The second-order valence-corrected chi connectivity index (χ2v) is 7.67. The zero-order valence-corrected chi connectivity index (χ0v) is 16.1. The number of aryl methyl sites for hydroxylation is 1.